The Balaban J connectivity index is 1.78. The van der Waals surface area contributed by atoms with Gasteiger partial charge in [0.1, 0.15) is 5.60 Å². The van der Waals surface area contributed by atoms with Gasteiger partial charge >= 0.3 is 12.1 Å². The van der Waals surface area contributed by atoms with E-state index in [1.165, 1.54) is 0 Å². The molecule has 0 aliphatic heterocycles. The Kier molecular flexibility index (Phi) is 3.49. The molecule has 1 unspecified atom stereocenters. The van der Waals surface area contributed by atoms with Gasteiger partial charge in [-0.3, -0.25) is 4.79 Å². The molecule has 4 fully saturated rings. The van der Waals surface area contributed by atoms with Gasteiger partial charge in [-0.1, -0.05) is 0 Å². The first-order valence-electron chi connectivity index (χ1n) is 7.66. The van der Waals surface area contributed by atoms with E-state index < -0.39 is 29.6 Å². The minimum Gasteiger partial charge on any atom is -0.458 e. The second-order valence-corrected chi connectivity index (χ2v) is 7.45. The lowest BCUT2D eigenvalue weighted by atomic mass is 9.54. The average Bonchev–Trinajstić information content (AvgIpc) is 2.20. The maximum Gasteiger partial charge on any atom is 0.408 e. The Bertz CT molecular complexity index is 416. The van der Waals surface area contributed by atoms with Crippen LogP contribution in [-0.2, 0) is 9.53 Å². The van der Waals surface area contributed by atoms with Gasteiger partial charge in [-0.25, -0.2) is 8.78 Å². The molecule has 0 heterocycles. The van der Waals surface area contributed by atoms with Crippen LogP contribution in [0.3, 0.4) is 0 Å². The number of carbonyl (C=O) groups excluding carboxylic acids is 1. The molecule has 126 valence electrons. The van der Waals surface area contributed by atoms with Crippen molar-refractivity contribution < 1.29 is 31.5 Å². The summed E-state index contributed by atoms with van der Waals surface area (Å²) in [7, 11) is 0. The van der Waals surface area contributed by atoms with Gasteiger partial charge < -0.3 is 4.74 Å². The van der Waals surface area contributed by atoms with Gasteiger partial charge in [-0.15, -0.1) is 0 Å². The normalized spacial score (nSPS) is 38.9. The molecule has 4 aliphatic rings. The molecule has 0 aromatic heterocycles. The highest BCUT2D eigenvalue weighted by molar-refractivity contribution is 5.75. The Hall–Kier alpha value is -0.880. The summed E-state index contributed by atoms with van der Waals surface area (Å²) in [5.41, 5.74) is -0.944. The van der Waals surface area contributed by atoms with E-state index in [1.807, 2.05) is 0 Å². The summed E-state index contributed by atoms with van der Waals surface area (Å²) in [5.74, 6) is -8.33. The number of halogens is 5. The maximum absolute atomic E-state index is 13.3. The highest BCUT2D eigenvalue weighted by atomic mass is 19.4. The number of ether oxygens (including phenoxy) is 1. The molecular formula is C15H19F5O2. The van der Waals surface area contributed by atoms with E-state index in [9.17, 15) is 26.7 Å². The molecule has 4 rings (SSSR count). The van der Waals surface area contributed by atoms with Crippen molar-refractivity contribution in [3.8, 4) is 0 Å². The second kappa shape index (κ2) is 4.81. The average molecular weight is 326 g/mol. The lowest BCUT2D eigenvalue weighted by Gasteiger charge is -2.55. The van der Waals surface area contributed by atoms with E-state index in [-0.39, 0.29) is 6.92 Å². The van der Waals surface area contributed by atoms with Crippen molar-refractivity contribution in [3.63, 3.8) is 0 Å². The minimum atomic E-state index is -5.31. The monoisotopic (exact) mass is 326 g/mol. The van der Waals surface area contributed by atoms with E-state index >= 15 is 0 Å². The third-order valence-corrected chi connectivity index (χ3v) is 5.37. The fourth-order valence-electron chi connectivity index (χ4n) is 5.06. The summed E-state index contributed by atoms with van der Waals surface area (Å²) in [6.45, 7) is 0.117. The maximum atomic E-state index is 13.3. The zero-order valence-corrected chi connectivity index (χ0v) is 12.3. The summed E-state index contributed by atoms with van der Waals surface area (Å²) in [4.78, 5) is 11.9. The van der Waals surface area contributed by atoms with Crippen molar-refractivity contribution in [1.29, 1.82) is 0 Å². The molecule has 0 radical (unpaired) electrons. The van der Waals surface area contributed by atoms with E-state index in [0.29, 0.717) is 37.0 Å². The topological polar surface area (TPSA) is 26.3 Å². The van der Waals surface area contributed by atoms with Crippen LogP contribution in [0.4, 0.5) is 22.0 Å². The van der Waals surface area contributed by atoms with E-state index in [2.05, 4.69) is 0 Å². The van der Waals surface area contributed by atoms with Crippen LogP contribution in [0.15, 0.2) is 0 Å². The fraction of sp³-hybridized carbons (Fsp3) is 0.933. The summed E-state index contributed by atoms with van der Waals surface area (Å²) in [6, 6.07) is 0. The molecule has 4 bridgehead atoms. The second-order valence-electron chi connectivity index (χ2n) is 7.45. The molecule has 4 aliphatic carbocycles. The molecule has 1 atom stereocenters. The predicted molar refractivity (Wildman–Crippen MR) is 67.2 cm³/mol. The van der Waals surface area contributed by atoms with Crippen LogP contribution in [0.25, 0.3) is 0 Å². The van der Waals surface area contributed by atoms with Crippen molar-refractivity contribution >= 4 is 5.97 Å². The first kappa shape index (κ1) is 16.0. The van der Waals surface area contributed by atoms with E-state index in [1.54, 1.807) is 0 Å². The largest absolute Gasteiger partial charge is 0.458 e. The van der Waals surface area contributed by atoms with Gasteiger partial charge in [-0.05, 0) is 56.3 Å². The van der Waals surface area contributed by atoms with Crippen molar-refractivity contribution in [1.82, 2.24) is 0 Å². The third kappa shape index (κ3) is 2.83. The first-order chi connectivity index (χ1) is 9.98. The Labute approximate surface area is 125 Å². The van der Waals surface area contributed by atoms with Gasteiger partial charge in [0.25, 0.3) is 5.92 Å². The first-order valence-corrected chi connectivity index (χ1v) is 7.66. The number of esters is 1. The highest BCUT2D eigenvalue weighted by Gasteiger charge is 2.61. The standard InChI is InChI=1S/C15H19F5O2/c1-13(16,17)11(15(18,19)20)12(21)22-14-5-8-2-9(6-14)4-10(3-8)7-14/h8-11H,2-7H2,1H3. The number of carbonyl (C=O) groups is 1. The number of alkyl halides is 5. The summed E-state index contributed by atoms with van der Waals surface area (Å²) < 4.78 is 70.2. The van der Waals surface area contributed by atoms with Crippen molar-refractivity contribution in [2.45, 2.75) is 63.1 Å². The van der Waals surface area contributed by atoms with E-state index in [4.69, 9.17) is 4.74 Å². The Morgan fingerprint density at radius 3 is 1.73 bits per heavy atom. The zero-order valence-electron chi connectivity index (χ0n) is 12.3. The quantitative estimate of drug-likeness (QED) is 0.570. The summed E-state index contributed by atoms with van der Waals surface area (Å²) in [6.07, 6.45) is -0.701. The summed E-state index contributed by atoms with van der Waals surface area (Å²) in [5, 5.41) is 0. The predicted octanol–water partition coefficient (Wildman–Crippen LogP) is 4.33. The molecule has 0 aromatic rings. The molecule has 0 spiro atoms. The third-order valence-electron chi connectivity index (χ3n) is 5.37. The number of rotatable bonds is 3. The molecule has 0 aromatic carbocycles. The van der Waals surface area contributed by atoms with Crippen molar-refractivity contribution in [3.05, 3.63) is 0 Å². The molecule has 0 saturated heterocycles. The van der Waals surface area contributed by atoms with E-state index in [0.717, 1.165) is 19.3 Å². The van der Waals surface area contributed by atoms with Crippen LogP contribution in [0.5, 0.6) is 0 Å². The molecular weight excluding hydrogens is 307 g/mol. The Morgan fingerprint density at radius 2 is 1.41 bits per heavy atom. The van der Waals surface area contributed by atoms with Crippen LogP contribution in [0, 0.1) is 23.7 Å². The molecule has 22 heavy (non-hydrogen) atoms. The summed E-state index contributed by atoms with van der Waals surface area (Å²) >= 11 is 0. The smallest absolute Gasteiger partial charge is 0.408 e. The van der Waals surface area contributed by atoms with Crippen LogP contribution >= 0.6 is 0 Å². The lowest BCUT2D eigenvalue weighted by molar-refractivity contribution is -0.253. The van der Waals surface area contributed by atoms with Crippen molar-refractivity contribution in [2.75, 3.05) is 0 Å². The molecule has 2 nitrogen and oxygen atoms in total. The van der Waals surface area contributed by atoms with Gasteiger partial charge in [-0.2, -0.15) is 13.2 Å². The van der Waals surface area contributed by atoms with Gasteiger partial charge in [0.2, 0.25) is 5.92 Å². The minimum absolute atomic E-state index is 0.117. The Morgan fingerprint density at radius 1 is 1.00 bits per heavy atom. The van der Waals surface area contributed by atoms with Crippen LogP contribution in [-0.4, -0.2) is 23.7 Å². The van der Waals surface area contributed by atoms with Crippen molar-refractivity contribution in [2.24, 2.45) is 23.7 Å². The molecule has 7 heteroatoms. The highest BCUT2D eigenvalue weighted by Crippen LogP contribution is 2.57. The molecule has 0 amide bonds. The fourth-order valence-corrected chi connectivity index (χ4v) is 5.06. The zero-order chi connectivity index (χ0) is 16.3. The van der Waals surface area contributed by atoms with Crippen LogP contribution in [0.1, 0.15) is 45.4 Å². The number of hydrogen-bond donors (Lipinski definition) is 0. The lowest BCUT2D eigenvalue weighted by Crippen LogP contribution is -2.55. The van der Waals surface area contributed by atoms with Crippen LogP contribution < -0.4 is 0 Å². The molecule has 4 saturated carbocycles. The number of hydrogen-bond acceptors (Lipinski definition) is 2. The van der Waals surface area contributed by atoms with Crippen LogP contribution in [0.2, 0.25) is 0 Å². The van der Waals surface area contributed by atoms with Gasteiger partial charge in [0.05, 0.1) is 0 Å². The molecule has 0 N–H and O–H groups in total. The van der Waals surface area contributed by atoms with Gasteiger partial charge in [0, 0.05) is 6.92 Å². The SMILES string of the molecule is CC(F)(F)C(C(=O)OC12CC3CC(CC(C3)C1)C2)C(F)(F)F. The van der Waals surface area contributed by atoms with Gasteiger partial charge in [0.15, 0.2) is 0 Å².